The Bertz CT molecular complexity index is 351. The molecule has 0 saturated carbocycles. The second kappa shape index (κ2) is 4.70. The molecule has 0 spiro atoms. The summed E-state index contributed by atoms with van der Waals surface area (Å²) in [5.74, 6) is 0.382. The molecule has 6 heteroatoms. The van der Waals surface area contributed by atoms with Crippen LogP contribution in [0.15, 0.2) is 0 Å². The molecule has 0 aliphatic heterocycles. The smallest absolute Gasteiger partial charge is 0.271 e. The Morgan fingerprint density at radius 2 is 2.36 bits per heavy atom. The first-order valence-corrected chi connectivity index (χ1v) is 5.17. The summed E-state index contributed by atoms with van der Waals surface area (Å²) < 4.78 is 1.48. The number of thiol groups is 1. The van der Waals surface area contributed by atoms with Crippen LogP contribution in [0.2, 0.25) is 5.02 Å². The van der Waals surface area contributed by atoms with Crippen LogP contribution >= 0.6 is 24.2 Å². The first kappa shape index (κ1) is 11.4. The van der Waals surface area contributed by atoms with Gasteiger partial charge in [0.25, 0.3) is 5.91 Å². The van der Waals surface area contributed by atoms with E-state index >= 15 is 0 Å². The van der Waals surface area contributed by atoms with E-state index in [1.165, 1.54) is 4.68 Å². The summed E-state index contributed by atoms with van der Waals surface area (Å²) in [6, 6.07) is 0. The van der Waals surface area contributed by atoms with Gasteiger partial charge in [-0.1, -0.05) is 11.6 Å². The lowest BCUT2D eigenvalue weighted by molar-refractivity contribution is 0.0947. The molecule has 1 rings (SSSR count). The van der Waals surface area contributed by atoms with Crippen LogP contribution in [-0.4, -0.2) is 28.0 Å². The third-order valence-electron chi connectivity index (χ3n) is 1.76. The number of carbonyl (C=O) groups is 1. The van der Waals surface area contributed by atoms with Gasteiger partial charge in [-0.15, -0.1) is 0 Å². The van der Waals surface area contributed by atoms with E-state index in [4.69, 9.17) is 11.6 Å². The number of aryl methyl sites for hydroxylation is 2. The number of hydrogen-bond acceptors (Lipinski definition) is 3. The minimum atomic E-state index is -0.216. The molecule has 1 aromatic heterocycles. The first-order chi connectivity index (χ1) is 6.57. The van der Waals surface area contributed by atoms with Gasteiger partial charge < -0.3 is 5.32 Å². The zero-order chi connectivity index (χ0) is 10.7. The summed E-state index contributed by atoms with van der Waals surface area (Å²) in [7, 11) is 1.69. The van der Waals surface area contributed by atoms with Gasteiger partial charge in [0.05, 0.1) is 10.7 Å². The van der Waals surface area contributed by atoms with Gasteiger partial charge in [-0.25, -0.2) is 0 Å². The molecule has 0 atom stereocenters. The Morgan fingerprint density at radius 1 is 1.71 bits per heavy atom. The third-order valence-corrected chi connectivity index (χ3v) is 2.44. The molecule has 78 valence electrons. The molecular weight excluding hydrogens is 222 g/mol. The molecule has 1 heterocycles. The van der Waals surface area contributed by atoms with E-state index in [0.29, 0.717) is 28.7 Å². The van der Waals surface area contributed by atoms with Gasteiger partial charge in [-0.2, -0.15) is 17.7 Å². The summed E-state index contributed by atoms with van der Waals surface area (Å²) in [4.78, 5) is 11.6. The zero-order valence-corrected chi connectivity index (χ0v) is 9.69. The predicted molar refractivity (Wildman–Crippen MR) is 59.1 cm³/mol. The van der Waals surface area contributed by atoms with E-state index in [0.717, 1.165) is 0 Å². The molecule has 0 saturated heterocycles. The highest BCUT2D eigenvalue weighted by Crippen LogP contribution is 2.18. The van der Waals surface area contributed by atoms with Gasteiger partial charge in [-0.3, -0.25) is 9.48 Å². The SMILES string of the molecule is Cc1nn(C)c(C(=O)NCCS)c1Cl. The molecular formula is C8H12ClN3OS. The van der Waals surface area contributed by atoms with Crippen molar-refractivity contribution in [1.82, 2.24) is 15.1 Å². The number of halogens is 1. The van der Waals surface area contributed by atoms with Crippen molar-refractivity contribution in [2.45, 2.75) is 6.92 Å². The second-order valence-electron chi connectivity index (χ2n) is 2.85. The number of nitrogens with zero attached hydrogens (tertiary/aromatic N) is 2. The summed E-state index contributed by atoms with van der Waals surface area (Å²) in [5, 5.41) is 7.13. The number of nitrogens with one attached hydrogen (secondary N) is 1. The second-order valence-corrected chi connectivity index (χ2v) is 3.68. The predicted octanol–water partition coefficient (Wildman–Crippen LogP) is 1.04. The Kier molecular flexibility index (Phi) is 3.83. The van der Waals surface area contributed by atoms with Gasteiger partial charge >= 0.3 is 0 Å². The molecule has 4 nitrogen and oxygen atoms in total. The van der Waals surface area contributed by atoms with Crippen LogP contribution in [0.5, 0.6) is 0 Å². The largest absolute Gasteiger partial charge is 0.350 e. The summed E-state index contributed by atoms with van der Waals surface area (Å²) in [6.45, 7) is 2.28. The van der Waals surface area contributed by atoms with Crippen LogP contribution in [0.25, 0.3) is 0 Å². The molecule has 14 heavy (non-hydrogen) atoms. The number of rotatable bonds is 3. The van der Waals surface area contributed by atoms with Crippen molar-refractivity contribution in [3.8, 4) is 0 Å². The van der Waals surface area contributed by atoms with Gasteiger partial charge in [-0.05, 0) is 6.92 Å². The average Bonchev–Trinajstić information content (AvgIpc) is 2.38. The Balaban J connectivity index is 2.89. The van der Waals surface area contributed by atoms with Crippen molar-refractivity contribution >= 4 is 30.1 Å². The Morgan fingerprint density at radius 3 is 2.79 bits per heavy atom. The van der Waals surface area contributed by atoms with E-state index in [1.807, 2.05) is 0 Å². The molecule has 1 amide bonds. The monoisotopic (exact) mass is 233 g/mol. The fraction of sp³-hybridized carbons (Fsp3) is 0.500. The van der Waals surface area contributed by atoms with Crippen molar-refractivity contribution in [2.24, 2.45) is 7.05 Å². The maximum Gasteiger partial charge on any atom is 0.271 e. The minimum Gasteiger partial charge on any atom is -0.350 e. The molecule has 0 aliphatic carbocycles. The van der Waals surface area contributed by atoms with Gasteiger partial charge in [0.1, 0.15) is 5.69 Å². The van der Waals surface area contributed by atoms with E-state index in [1.54, 1.807) is 14.0 Å². The zero-order valence-electron chi connectivity index (χ0n) is 8.04. The van der Waals surface area contributed by atoms with Crippen molar-refractivity contribution in [2.75, 3.05) is 12.3 Å². The highest BCUT2D eigenvalue weighted by atomic mass is 35.5. The molecule has 0 aromatic carbocycles. The summed E-state index contributed by atoms with van der Waals surface area (Å²) in [5.41, 5.74) is 1.05. The first-order valence-electron chi connectivity index (χ1n) is 4.16. The van der Waals surface area contributed by atoms with Crippen LogP contribution in [-0.2, 0) is 7.05 Å². The maximum absolute atomic E-state index is 11.6. The molecule has 0 fully saturated rings. The van der Waals surface area contributed by atoms with Gasteiger partial charge in [0.15, 0.2) is 0 Å². The quantitative estimate of drug-likeness (QED) is 0.767. The molecule has 1 aromatic rings. The topological polar surface area (TPSA) is 46.9 Å². The van der Waals surface area contributed by atoms with E-state index in [2.05, 4.69) is 23.0 Å². The summed E-state index contributed by atoms with van der Waals surface area (Å²) >= 11 is 9.92. The molecule has 0 unspecified atom stereocenters. The molecule has 1 N–H and O–H groups in total. The third kappa shape index (κ3) is 2.22. The maximum atomic E-state index is 11.6. The van der Waals surface area contributed by atoms with E-state index < -0.39 is 0 Å². The standard InChI is InChI=1S/C8H12ClN3OS/c1-5-6(9)7(12(2)11-5)8(13)10-3-4-14/h14H,3-4H2,1-2H3,(H,10,13). The number of carbonyl (C=O) groups excluding carboxylic acids is 1. The average molecular weight is 234 g/mol. The van der Waals surface area contributed by atoms with Crippen LogP contribution in [0.3, 0.4) is 0 Å². The normalized spacial score (nSPS) is 10.3. The lowest BCUT2D eigenvalue weighted by Crippen LogP contribution is -2.27. The van der Waals surface area contributed by atoms with Gasteiger partial charge in [0.2, 0.25) is 0 Å². The Labute approximate surface area is 93.0 Å². The number of hydrogen-bond donors (Lipinski definition) is 2. The fourth-order valence-corrected chi connectivity index (χ4v) is 1.49. The lowest BCUT2D eigenvalue weighted by atomic mass is 10.3. The van der Waals surface area contributed by atoms with Crippen molar-refractivity contribution in [3.63, 3.8) is 0 Å². The number of amides is 1. The van der Waals surface area contributed by atoms with Crippen molar-refractivity contribution < 1.29 is 4.79 Å². The van der Waals surface area contributed by atoms with Crippen LogP contribution in [0, 0.1) is 6.92 Å². The minimum absolute atomic E-state index is 0.216. The molecule has 0 aliphatic rings. The fourth-order valence-electron chi connectivity index (χ4n) is 1.13. The van der Waals surface area contributed by atoms with Crippen LogP contribution in [0.1, 0.15) is 16.2 Å². The van der Waals surface area contributed by atoms with Gasteiger partial charge in [0, 0.05) is 19.3 Å². The molecule has 0 radical (unpaired) electrons. The highest BCUT2D eigenvalue weighted by molar-refractivity contribution is 7.80. The Hall–Kier alpha value is -0.680. The number of aromatic nitrogens is 2. The van der Waals surface area contributed by atoms with Crippen molar-refractivity contribution in [3.05, 3.63) is 16.4 Å². The van der Waals surface area contributed by atoms with Crippen LogP contribution < -0.4 is 5.32 Å². The molecule has 0 bridgehead atoms. The lowest BCUT2D eigenvalue weighted by Gasteiger charge is -2.03. The van der Waals surface area contributed by atoms with Crippen molar-refractivity contribution in [1.29, 1.82) is 0 Å². The van der Waals surface area contributed by atoms with Crippen LogP contribution in [0.4, 0.5) is 0 Å². The highest BCUT2D eigenvalue weighted by Gasteiger charge is 2.17. The van der Waals surface area contributed by atoms with E-state index in [9.17, 15) is 4.79 Å². The van der Waals surface area contributed by atoms with E-state index in [-0.39, 0.29) is 5.91 Å². The summed E-state index contributed by atoms with van der Waals surface area (Å²) in [6.07, 6.45) is 0.